The topological polar surface area (TPSA) is 114 Å². The fourth-order valence-electron chi connectivity index (χ4n) is 4.40. The zero-order valence-corrected chi connectivity index (χ0v) is 22.3. The van der Waals surface area contributed by atoms with Gasteiger partial charge in [0, 0.05) is 28.6 Å². The summed E-state index contributed by atoms with van der Waals surface area (Å²) in [5, 5.41) is 12.7. The van der Waals surface area contributed by atoms with Crippen molar-refractivity contribution >= 4 is 34.3 Å². The van der Waals surface area contributed by atoms with Gasteiger partial charge in [0.15, 0.2) is 5.69 Å². The highest BCUT2D eigenvalue weighted by molar-refractivity contribution is 6.03. The van der Waals surface area contributed by atoms with Crippen molar-refractivity contribution in [2.75, 3.05) is 17.2 Å². The van der Waals surface area contributed by atoms with E-state index in [0.717, 1.165) is 28.8 Å². The number of urea groups is 1. The third kappa shape index (κ3) is 5.91. The molecule has 0 aliphatic carbocycles. The van der Waals surface area contributed by atoms with E-state index in [4.69, 9.17) is 4.74 Å². The molecule has 2 aromatic heterocycles. The maximum absolute atomic E-state index is 13.6. The number of amides is 2. The van der Waals surface area contributed by atoms with Crippen LogP contribution >= 0.6 is 0 Å². The van der Waals surface area contributed by atoms with Gasteiger partial charge >= 0.3 is 18.2 Å². The van der Waals surface area contributed by atoms with Crippen molar-refractivity contribution < 1.29 is 27.5 Å². The molecule has 0 bridgehead atoms. The number of hydrogen-bond acceptors (Lipinski definition) is 5. The largest absolute Gasteiger partial charge is 0.461 e. The van der Waals surface area contributed by atoms with E-state index in [1.54, 1.807) is 38.2 Å². The number of ether oxygens (including phenoxy) is 1. The Kier molecular flexibility index (Phi) is 7.22. The second-order valence-corrected chi connectivity index (χ2v) is 9.35. The summed E-state index contributed by atoms with van der Waals surface area (Å²) in [4.78, 5) is 29.1. The minimum absolute atomic E-state index is 0.0342. The SMILES string of the molecule is CCOC(=O)c1n[nH]c2cc(-c3cc(NC(=O)Nc4cc(-n5cnc(C)c5)cc(C(F)(F)F)c4)ccc3C)ccc12. The van der Waals surface area contributed by atoms with E-state index in [9.17, 15) is 22.8 Å². The molecule has 2 amide bonds. The number of imidazole rings is 1. The van der Waals surface area contributed by atoms with Crippen LogP contribution in [0.5, 0.6) is 0 Å². The van der Waals surface area contributed by atoms with Crippen LogP contribution in [0.1, 0.15) is 34.2 Å². The molecule has 0 spiro atoms. The number of hydrogen-bond donors (Lipinski definition) is 3. The average Bonchev–Trinajstić information content (AvgIpc) is 3.55. The van der Waals surface area contributed by atoms with Crippen LogP contribution in [0.15, 0.2) is 67.1 Å². The second kappa shape index (κ2) is 10.8. The van der Waals surface area contributed by atoms with Crippen molar-refractivity contribution in [3.63, 3.8) is 0 Å². The summed E-state index contributed by atoms with van der Waals surface area (Å²) < 4.78 is 47.3. The number of alkyl halides is 3. The van der Waals surface area contributed by atoms with E-state index in [1.165, 1.54) is 17.0 Å². The predicted molar refractivity (Wildman–Crippen MR) is 148 cm³/mol. The highest BCUT2D eigenvalue weighted by Crippen LogP contribution is 2.34. The lowest BCUT2D eigenvalue weighted by Crippen LogP contribution is -2.20. The summed E-state index contributed by atoms with van der Waals surface area (Å²) in [5.74, 6) is -0.520. The van der Waals surface area contributed by atoms with Gasteiger partial charge < -0.3 is 19.9 Å². The molecule has 9 nitrogen and oxygen atoms in total. The standard InChI is InChI=1S/C29H25F3N6O3/c1-4-41-27(39)26-23-8-6-18(9-25(23)36-37-26)24-13-20(7-5-16(24)2)34-28(40)35-21-10-19(29(30,31)32)11-22(12-21)38-14-17(3)33-15-38/h5-15H,4H2,1-3H3,(H,36,37)(H2,34,35,40). The van der Waals surface area contributed by atoms with Gasteiger partial charge in [0.25, 0.3) is 0 Å². The highest BCUT2D eigenvalue weighted by atomic mass is 19.4. The van der Waals surface area contributed by atoms with Gasteiger partial charge in [0.05, 0.1) is 29.7 Å². The minimum atomic E-state index is -4.61. The number of nitrogens with zero attached hydrogens (tertiary/aromatic N) is 3. The number of H-pyrrole nitrogens is 1. The van der Waals surface area contributed by atoms with Crippen LogP contribution in [0.25, 0.3) is 27.7 Å². The van der Waals surface area contributed by atoms with Crippen molar-refractivity contribution in [2.24, 2.45) is 0 Å². The van der Waals surface area contributed by atoms with E-state index < -0.39 is 23.7 Å². The number of esters is 1. The van der Waals surface area contributed by atoms with Crippen molar-refractivity contribution in [1.82, 2.24) is 19.7 Å². The van der Waals surface area contributed by atoms with Crippen LogP contribution in [0.2, 0.25) is 0 Å². The molecule has 0 fully saturated rings. The van der Waals surface area contributed by atoms with Crippen LogP contribution in [0, 0.1) is 13.8 Å². The lowest BCUT2D eigenvalue weighted by Gasteiger charge is -2.15. The van der Waals surface area contributed by atoms with Gasteiger partial charge in [-0.15, -0.1) is 0 Å². The first-order valence-electron chi connectivity index (χ1n) is 12.6. The van der Waals surface area contributed by atoms with Crippen LogP contribution in [0.3, 0.4) is 0 Å². The third-order valence-electron chi connectivity index (χ3n) is 6.35. The monoisotopic (exact) mass is 562 g/mol. The third-order valence-corrected chi connectivity index (χ3v) is 6.35. The highest BCUT2D eigenvalue weighted by Gasteiger charge is 2.31. The smallest absolute Gasteiger partial charge is 0.416 e. The first kappa shape index (κ1) is 27.4. The Bertz CT molecular complexity index is 1770. The summed E-state index contributed by atoms with van der Waals surface area (Å²) in [6, 6.07) is 13.3. The molecule has 210 valence electrons. The van der Waals surface area contributed by atoms with Crippen LogP contribution in [-0.4, -0.2) is 38.4 Å². The van der Waals surface area contributed by atoms with E-state index in [-0.39, 0.29) is 23.7 Å². The molecular weight excluding hydrogens is 537 g/mol. The Labute approximate surface area is 232 Å². The van der Waals surface area contributed by atoms with Crippen molar-refractivity contribution in [3.8, 4) is 16.8 Å². The van der Waals surface area contributed by atoms with Gasteiger partial charge in [0.1, 0.15) is 0 Å². The van der Waals surface area contributed by atoms with E-state index >= 15 is 0 Å². The first-order valence-corrected chi connectivity index (χ1v) is 12.6. The van der Waals surface area contributed by atoms with Crippen LogP contribution in [0.4, 0.5) is 29.3 Å². The molecule has 0 unspecified atom stereocenters. The summed E-state index contributed by atoms with van der Waals surface area (Å²) in [5.41, 5.74) is 3.67. The van der Waals surface area contributed by atoms with Crippen LogP contribution < -0.4 is 10.6 Å². The van der Waals surface area contributed by atoms with Gasteiger partial charge in [-0.3, -0.25) is 5.10 Å². The number of carbonyl (C=O) groups excluding carboxylic acids is 2. The van der Waals surface area contributed by atoms with Crippen molar-refractivity contribution in [3.05, 3.63) is 89.6 Å². The maximum atomic E-state index is 13.6. The van der Waals surface area contributed by atoms with Gasteiger partial charge in [-0.1, -0.05) is 12.1 Å². The number of aromatic amines is 1. The number of benzene rings is 3. The zero-order chi connectivity index (χ0) is 29.3. The Morgan fingerprint density at radius 3 is 2.49 bits per heavy atom. The summed E-state index contributed by atoms with van der Waals surface area (Å²) in [6.45, 7) is 5.58. The number of aryl methyl sites for hydroxylation is 2. The molecule has 5 aromatic rings. The average molecular weight is 563 g/mol. The molecule has 0 radical (unpaired) electrons. The number of fused-ring (bicyclic) bond motifs is 1. The molecular formula is C29H25F3N6O3. The lowest BCUT2D eigenvalue weighted by atomic mass is 9.98. The number of rotatable bonds is 6. The fraction of sp³-hybridized carbons (Fsp3) is 0.172. The first-order chi connectivity index (χ1) is 19.5. The zero-order valence-electron chi connectivity index (χ0n) is 22.3. The number of aromatic nitrogens is 4. The second-order valence-electron chi connectivity index (χ2n) is 9.35. The van der Waals surface area contributed by atoms with Gasteiger partial charge in [0.2, 0.25) is 0 Å². The summed E-state index contributed by atoms with van der Waals surface area (Å²) in [7, 11) is 0. The number of nitrogens with one attached hydrogen (secondary N) is 3. The molecule has 3 N–H and O–H groups in total. The molecule has 0 saturated heterocycles. The molecule has 0 saturated carbocycles. The molecule has 0 aliphatic rings. The molecule has 41 heavy (non-hydrogen) atoms. The molecule has 3 aromatic carbocycles. The van der Waals surface area contributed by atoms with Crippen molar-refractivity contribution in [1.29, 1.82) is 0 Å². The van der Waals surface area contributed by atoms with E-state index in [2.05, 4.69) is 25.8 Å². The molecule has 12 heteroatoms. The Morgan fingerprint density at radius 1 is 1.00 bits per heavy atom. The molecule has 0 atom stereocenters. The molecule has 0 aliphatic heterocycles. The quantitative estimate of drug-likeness (QED) is 0.195. The fourth-order valence-corrected chi connectivity index (χ4v) is 4.40. The minimum Gasteiger partial charge on any atom is -0.461 e. The lowest BCUT2D eigenvalue weighted by molar-refractivity contribution is -0.137. The van der Waals surface area contributed by atoms with E-state index in [1.807, 2.05) is 25.1 Å². The van der Waals surface area contributed by atoms with Gasteiger partial charge in [-0.05, 0) is 79.9 Å². The summed E-state index contributed by atoms with van der Waals surface area (Å²) >= 11 is 0. The van der Waals surface area contributed by atoms with Crippen LogP contribution in [-0.2, 0) is 10.9 Å². The summed E-state index contributed by atoms with van der Waals surface area (Å²) in [6.07, 6.45) is -1.62. The number of anilines is 2. The van der Waals surface area contributed by atoms with Gasteiger partial charge in [-0.25, -0.2) is 14.6 Å². The van der Waals surface area contributed by atoms with Crippen molar-refractivity contribution in [2.45, 2.75) is 26.9 Å². The normalized spacial score (nSPS) is 11.5. The Balaban J connectivity index is 1.38. The van der Waals surface area contributed by atoms with Gasteiger partial charge in [-0.2, -0.15) is 18.3 Å². The molecule has 5 rings (SSSR count). The molecule has 2 heterocycles. The number of halogens is 3. The Hall–Kier alpha value is -5.13. The Morgan fingerprint density at radius 2 is 1.78 bits per heavy atom. The number of carbonyl (C=O) groups is 2. The van der Waals surface area contributed by atoms with E-state index in [0.29, 0.717) is 22.3 Å². The maximum Gasteiger partial charge on any atom is 0.416 e. The predicted octanol–water partition coefficient (Wildman–Crippen LogP) is 6.87.